The highest BCUT2D eigenvalue weighted by molar-refractivity contribution is 5.79. The minimum Gasteiger partial charge on any atom is -0.356 e. The van der Waals surface area contributed by atoms with Gasteiger partial charge in [-0.05, 0) is 37.0 Å². The molecule has 2 aromatic heterocycles. The van der Waals surface area contributed by atoms with Crippen LogP contribution in [0.5, 0.6) is 0 Å². The van der Waals surface area contributed by atoms with Gasteiger partial charge in [0.25, 0.3) is 0 Å². The first kappa shape index (κ1) is 20.2. The average molecular weight is 427 g/mol. The minimum absolute atomic E-state index is 0.0561. The summed E-state index contributed by atoms with van der Waals surface area (Å²) < 4.78 is 1.80. The number of aromatic nitrogens is 4. The Kier molecular flexibility index (Phi) is 5.79. The number of carbonyl (C=O) groups is 1. The van der Waals surface area contributed by atoms with Crippen molar-refractivity contribution in [1.29, 1.82) is 0 Å². The molecule has 0 bridgehead atoms. The molecule has 0 spiro atoms. The number of nitrogens with zero attached hydrogens (tertiary/aromatic N) is 5. The van der Waals surface area contributed by atoms with Gasteiger partial charge in [-0.3, -0.25) is 4.79 Å². The molecule has 1 fully saturated rings. The molecule has 1 aliphatic rings. The van der Waals surface area contributed by atoms with Gasteiger partial charge in [-0.25, -0.2) is 0 Å². The van der Waals surface area contributed by atoms with Crippen LogP contribution in [0.25, 0.3) is 17.0 Å². The Balaban J connectivity index is 1.20. The van der Waals surface area contributed by atoms with Crippen molar-refractivity contribution in [3.8, 4) is 11.4 Å². The zero-order valence-electron chi connectivity index (χ0n) is 17.9. The van der Waals surface area contributed by atoms with Gasteiger partial charge >= 0.3 is 0 Å². The molecule has 7 nitrogen and oxygen atoms in total. The zero-order valence-corrected chi connectivity index (χ0v) is 17.9. The van der Waals surface area contributed by atoms with Gasteiger partial charge in [-0.2, -0.15) is 4.52 Å². The second kappa shape index (κ2) is 9.18. The van der Waals surface area contributed by atoms with Crippen molar-refractivity contribution in [1.82, 2.24) is 25.1 Å². The third-order valence-corrected chi connectivity index (χ3v) is 6.03. The lowest BCUT2D eigenvalue weighted by Crippen LogP contribution is -2.41. The van der Waals surface area contributed by atoms with Gasteiger partial charge in [-0.1, -0.05) is 60.7 Å². The lowest BCUT2D eigenvalue weighted by molar-refractivity contribution is -0.125. The van der Waals surface area contributed by atoms with Crippen LogP contribution in [0.3, 0.4) is 0 Å². The molecule has 0 radical (unpaired) electrons. The number of piperidine rings is 1. The molecule has 7 heteroatoms. The molecule has 0 saturated carbocycles. The SMILES string of the molecule is O=C(NCCc1ccccc1)C1CCN(c2ccc3nnc(-c4ccccc4)n3n2)CC1. The van der Waals surface area contributed by atoms with Crippen LogP contribution in [-0.2, 0) is 11.2 Å². The monoisotopic (exact) mass is 426 g/mol. The van der Waals surface area contributed by atoms with E-state index in [1.165, 1.54) is 5.56 Å². The molecule has 5 rings (SSSR count). The molecule has 32 heavy (non-hydrogen) atoms. The van der Waals surface area contributed by atoms with E-state index in [9.17, 15) is 4.79 Å². The molecule has 2 aromatic carbocycles. The Morgan fingerprint density at radius 1 is 0.906 bits per heavy atom. The van der Waals surface area contributed by atoms with Crippen molar-refractivity contribution >= 4 is 17.4 Å². The van der Waals surface area contributed by atoms with Crippen LogP contribution in [0.1, 0.15) is 18.4 Å². The topological polar surface area (TPSA) is 75.4 Å². The summed E-state index contributed by atoms with van der Waals surface area (Å²) in [6.07, 6.45) is 2.51. The number of nitrogens with one attached hydrogen (secondary N) is 1. The van der Waals surface area contributed by atoms with E-state index in [0.29, 0.717) is 6.54 Å². The number of benzene rings is 2. The highest BCUT2D eigenvalue weighted by Gasteiger charge is 2.26. The molecule has 162 valence electrons. The number of hydrogen-bond donors (Lipinski definition) is 1. The molecule has 1 aliphatic heterocycles. The maximum atomic E-state index is 12.6. The Bertz CT molecular complexity index is 1180. The molecule has 1 saturated heterocycles. The van der Waals surface area contributed by atoms with E-state index in [0.717, 1.165) is 55.2 Å². The Morgan fingerprint density at radius 2 is 1.62 bits per heavy atom. The Morgan fingerprint density at radius 3 is 2.38 bits per heavy atom. The summed E-state index contributed by atoms with van der Waals surface area (Å²) in [5, 5.41) is 16.5. The summed E-state index contributed by atoms with van der Waals surface area (Å²) in [5.74, 6) is 1.84. The normalized spacial score (nSPS) is 14.6. The zero-order chi connectivity index (χ0) is 21.8. The van der Waals surface area contributed by atoms with Crippen LogP contribution >= 0.6 is 0 Å². The highest BCUT2D eigenvalue weighted by atomic mass is 16.1. The lowest BCUT2D eigenvalue weighted by atomic mass is 9.96. The van der Waals surface area contributed by atoms with E-state index in [1.54, 1.807) is 4.52 Å². The lowest BCUT2D eigenvalue weighted by Gasteiger charge is -2.32. The summed E-state index contributed by atoms with van der Waals surface area (Å²) in [7, 11) is 0. The third-order valence-electron chi connectivity index (χ3n) is 6.03. The van der Waals surface area contributed by atoms with Crippen molar-refractivity contribution in [2.24, 2.45) is 5.92 Å². The summed E-state index contributed by atoms with van der Waals surface area (Å²) in [4.78, 5) is 14.8. The summed E-state index contributed by atoms with van der Waals surface area (Å²) in [5.41, 5.74) is 2.95. The van der Waals surface area contributed by atoms with Gasteiger partial charge in [0.05, 0.1) is 0 Å². The van der Waals surface area contributed by atoms with Crippen molar-refractivity contribution in [3.05, 3.63) is 78.4 Å². The quantitative estimate of drug-likeness (QED) is 0.512. The molecule has 1 amide bonds. The van der Waals surface area contributed by atoms with Crippen molar-refractivity contribution in [2.75, 3.05) is 24.5 Å². The van der Waals surface area contributed by atoms with Crippen LogP contribution < -0.4 is 10.2 Å². The fraction of sp³-hybridized carbons (Fsp3) is 0.280. The maximum Gasteiger partial charge on any atom is 0.223 e. The fourth-order valence-corrected chi connectivity index (χ4v) is 4.20. The largest absolute Gasteiger partial charge is 0.356 e. The first-order valence-electron chi connectivity index (χ1n) is 11.1. The van der Waals surface area contributed by atoms with E-state index in [2.05, 4.69) is 32.5 Å². The summed E-state index contributed by atoms with van der Waals surface area (Å²) in [6.45, 7) is 2.29. The van der Waals surface area contributed by atoms with E-state index in [-0.39, 0.29) is 11.8 Å². The molecule has 3 heterocycles. The van der Waals surface area contributed by atoms with Gasteiger partial charge in [0.1, 0.15) is 5.82 Å². The van der Waals surface area contributed by atoms with Crippen LogP contribution in [0.15, 0.2) is 72.8 Å². The first-order valence-corrected chi connectivity index (χ1v) is 11.1. The van der Waals surface area contributed by atoms with Crippen molar-refractivity contribution in [3.63, 3.8) is 0 Å². The molecular weight excluding hydrogens is 400 g/mol. The Labute approximate surface area is 187 Å². The molecule has 4 aromatic rings. The van der Waals surface area contributed by atoms with E-state index >= 15 is 0 Å². The number of carbonyl (C=O) groups excluding carboxylic acids is 1. The van der Waals surface area contributed by atoms with Gasteiger partial charge in [0.2, 0.25) is 5.91 Å². The van der Waals surface area contributed by atoms with Gasteiger partial charge in [0, 0.05) is 31.1 Å². The molecular formula is C25H26N6O. The smallest absolute Gasteiger partial charge is 0.223 e. The van der Waals surface area contributed by atoms with E-state index < -0.39 is 0 Å². The summed E-state index contributed by atoms with van der Waals surface area (Å²) >= 11 is 0. The second-order valence-electron chi connectivity index (χ2n) is 8.14. The average Bonchev–Trinajstić information content (AvgIpc) is 3.29. The van der Waals surface area contributed by atoms with E-state index in [1.807, 2.05) is 60.7 Å². The number of amides is 1. The van der Waals surface area contributed by atoms with Crippen LogP contribution in [0.2, 0.25) is 0 Å². The standard InChI is InChI=1S/C25H26N6O/c32-25(26-16-13-19-7-3-1-4-8-19)21-14-17-30(18-15-21)23-12-11-22-27-28-24(31(22)29-23)20-9-5-2-6-10-20/h1-12,21H,13-18H2,(H,26,32). The number of hydrogen-bond acceptors (Lipinski definition) is 5. The third kappa shape index (κ3) is 4.32. The predicted octanol–water partition coefficient (Wildman–Crippen LogP) is 3.37. The van der Waals surface area contributed by atoms with Crippen molar-refractivity contribution < 1.29 is 4.79 Å². The Hall–Kier alpha value is -3.74. The fourth-order valence-electron chi connectivity index (χ4n) is 4.20. The number of rotatable bonds is 6. The van der Waals surface area contributed by atoms with E-state index in [4.69, 9.17) is 5.10 Å². The number of fused-ring (bicyclic) bond motifs is 1. The first-order chi connectivity index (χ1) is 15.8. The van der Waals surface area contributed by atoms with Gasteiger partial charge < -0.3 is 10.2 Å². The van der Waals surface area contributed by atoms with Crippen LogP contribution in [0, 0.1) is 5.92 Å². The molecule has 1 N–H and O–H groups in total. The summed E-state index contributed by atoms with van der Waals surface area (Å²) in [6, 6.07) is 24.1. The van der Waals surface area contributed by atoms with Gasteiger partial charge in [0.15, 0.2) is 11.5 Å². The predicted molar refractivity (Wildman–Crippen MR) is 124 cm³/mol. The number of anilines is 1. The molecule has 0 atom stereocenters. The maximum absolute atomic E-state index is 12.6. The van der Waals surface area contributed by atoms with Gasteiger partial charge in [-0.15, -0.1) is 15.3 Å². The minimum atomic E-state index is 0.0561. The van der Waals surface area contributed by atoms with Crippen LogP contribution in [0.4, 0.5) is 5.82 Å². The second-order valence-corrected chi connectivity index (χ2v) is 8.14. The van der Waals surface area contributed by atoms with Crippen LogP contribution in [-0.4, -0.2) is 45.4 Å². The molecule has 0 unspecified atom stereocenters. The molecule has 0 aliphatic carbocycles. The highest BCUT2D eigenvalue weighted by Crippen LogP contribution is 2.24. The van der Waals surface area contributed by atoms with Crippen molar-refractivity contribution in [2.45, 2.75) is 19.3 Å².